The van der Waals surface area contributed by atoms with E-state index in [1.165, 1.54) is 5.56 Å². The Hall–Kier alpha value is -3.87. The van der Waals surface area contributed by atoms with Gasteiger partial charge in [-0.05, 0) is 56.2 Å². The van der Waals surface area contributed by atoms with Gasteiger partial charge in [-0.25, -0.2) is 9.67 Å². The Morgan fingerprint density at radius 1 is 1.00 bits per heavy atom. The first kappa shape index (κ1) is 21.4. The third kappa shape index (κ3) is 3.89. The van der Waals surface area contributed by atoms with Crippen LogP contribution in [0.25, 0.3) is 16.7 Å². The van der Waals surface area contributed by atoms with E-state index in [-0.39, 0.29) is 5.91 Å². The Labute approximate surface area is 187 Å². The minimum atomic E-state index is -0.239. The molecule has 0 unspecified atom stereocenters. The summed E-state index contributed by atoms with van der Waals surface area (Å²) >= 11 is 0. The summed E-state index contributed by atoms with van der Waals surface area (Å²) in [5.41, 5.74) is 5.42. The van der Waals surface area contributed by atoms with Gasteiger partial charge in [0.2, 0.25) is 0 Å². The number of benzene rings is 2. The van der Waals surface area contributed by atoms with E-state index < -0.39 is 0 Å². The lowest BCUT2D eigenvalue weighted by Crippen LogP contribution is -2.13. The molecule has 2 heterocycles. The number of aromatic nitrogens is 3. The van der Waals surface area contributed by atoms with Crippen molar-refractivity contribution in [3.8, 4) is 17.2 Å². The first-order valence-corrected chi connectivity index (χ1v) is 10.4. The first-order valence-electron chi connectivity index (χ1n) is 10.4. The molecule has 4 aromatic rings. The minimum Gasteiger partial charge on any atom is -0.493 e. The molecule has 0 radical (unpaired) electrons. The Morgan fingerprint density at radius 3 is 2.38 bits per heavy atom. The number of hydrogen-bond acceptors (Lipinski definition) is 5. The van der Waals surface area contributed by atoms with E-state index in [0.717, 1.165) is 28.9 Å². The van der Waals surface area contributed by atoms with Gasteiger partial charge < -0.3 is 14.8 Å². The van der Waals surface area contributed by atoms with Gasteiger partial charge in [0.25, 0.3) is 5.91 Å². The summed E-state index contributed by atoms with van der Waals surface area (Å²) in [7, 11) is 3.13. The summed E-state index contributed by atoms with van der Waals surface area (Å²) in [5, 5.41) is 8.38. The second-order valence-electron chi connectivity index (χ2n) is 7.55. The van der Waals surface area contributed by atoms with Gasteiger partial charge in [-0.1, -0.05) is 19.1 Å². The average molecular weight is 431 g/mol. The molecule has 2 aromatic heterocycles. The Kier molecular flexibility index (Phi) is 5.81. The zero-order valence-electron chi connectivity index (χ0n) is 18.9. The van der Waals surface area contributed by atoms with E-state index in [1.54, 1.807) is 43.2 Å². The number of fused-ring (bicyclic) bond motifs is 1. The van der Waals surface area contributed by atoms with Gasteiger partial charge in [0, 0.05) is 17.4 Å². The summed E-state index contributed by atoms with van der Waals surface area (Å²) in [6, 6.07) is 15.3. The summed E-state index contributed by atoms with van der Waals surface area (Å²) < 4.78 is 12.4. The molecule has 32 heavy (non-hydrogen) atoms. The van der Waals surface area contributed by atoms with Crippen molar-refractivity contribution >= 4 is 22.6 Å². The molecule has 2 aromatic carbocycles. The molecule has 0 saturated heterocycles. The van der Waals surface area contributed by atoms with Crippen LogP contribution in [0.5, 0.6) is 11.5 Å². The van der Waals surface area contributed by atoms with E-state index in [0.29, 0.717) is 28.4 Å². The fraction of sp³-hybridized carbons (Fsp3) is 0.240. The number of methoxy groups -OCH3 is 2. The molecule has 7 nitrogen and oxygen atoms in total. The van der Waals surface area contributed by atoms with E-state index in [2.05, 4.69) is 24.4 Å². The monoisotopic (exact) mass is 430 g/mol. The number of carbonyl (C=O) groups excluding carboxylic acids is 1. The molecule has 0 aliphatic carbocycles. The molecular formula is C25H26N4O3. The molecule has 0 aliphatic heterocycles. The van der Waals surface area contributed by atoms with Crippen LogP contribution < -0.4 is 14.8 Å². The van der Waals surface area contributed by atoms with Gasteiger partial charge in [0.1, 0.15) is 0 Å². The van der Waals surface area contributed by atoms with Crippen molar-refractivity contribution in [3.63, 3.8) is 0 Å². The van der Waals surface area contributed by atoms with Crippen LogP contribution >= 0.6 is 0 Å². The van der Waals surface area contributed by atoms with Crippen molar-refractivity contribution in [1.29, 1.82) is 0 Å². The highest BCUT2D eigenvalue weighted by molar-refractivity contribution is 6.12. The molecule has 0 atom stereocenters. The van der Waals surface area contributed by atoms with Gasteiger partial charge in [-0.3, -0.25) is 4.79 Å². The van der Waals surface area contributed by atoms with Gasteiger partial charge in [0.15, 0.2) is 17.1 Å². The van der Waals surface area contributed by atoms with E-state index >= 15 is 0 Å². The number of rotatable bonds is 6. The third-order valence-corrected chi connectivity index (χ3v) is 5.42. The number of aryl methyl sites for hydroxylation is 3. The lowest BCUT2D eigenvalue weighted by molar-refractivity contribution is 0.102. The molecular weight excluding hydrogens is 404 g/mol. The van der Waals surface area contributed by atoms with Crippen LogP contribution in [0.1, 0.15) is 34.2 Å². The van der Waals surface area contributed by atoms with Crippen LogP contribution in [-0.2, 0) is 6.42 Å². The smallest absolute Gasteiger partial charge is 0.256 e. The largest absolute Gasteiger partial charge is 0.493 e. The fourth-order valence-electron chi connectivity index (χ4n) is 3.76. The zero-order valence-corrected chi connectivity index (χ0v) is 18.9. The van der Waals surface area contributed by atoms with Gasteiger partial charge >= 0.3 is 0 Å². The first-order chi connectivity index (χ1) is 15.4. The van der Waals surface area contributed by atoms with Crippen molar-refractivity contribution in [3.05, 3.63) is 71.0 Å². The molecule has 0 saturated carbocycles. The van der Waals surface area contributed by atoms with Crippen LogP contribution in [0.4, 0.5) is 5.69 Å². The van der Waals surface area contributed by atoms with E-state index in [1.807, 2.05) is 26.0 Å². The summed E-state index contributed by atoms with van der Waals surface area (Å²) in [6.07, 6.45) is 0.969. The number of carbonyl (C=O) groups is 1. The SMILES string of the molecule is CCc1ccc(-n2nc(C)c3c(C(=O)Nc4ccc(OC)c(OC)c4)cc(C)nc32)cc1. The zero-order chi connectivity index (χ0) is 22.8. The normalized spacial score (nSPS) is 10.9. The van der Waals surface area contributed by atoms with Crippen LogP contribution in [0.3, 0.4) is 0 Å². The molecule has 4 rings (SSSR count). The predicted molar refractivity (Wildman–Crippen MR) is 125 cm³/mol. The number of ether oxygens (including phenoxy) is 2. The van der Waals surface area contributed by atoms with Crippen molar-refractivity contribution in [2.75, 3.05) is 19.5 Å². The molecule has 1 amide bonds. The lowest BCUT2D eigenvalue weighted by atomic mass is 10.1. The fourth-order valence-corrected chi connectivity index (χ4v) is 3.76. The van der Waals surface area contributed by atoms with Crippen LogP contribution in [0.2, 0.25) is 0 Å². The van der Waals surface area contributed by atoms with E-state index in [9.17, 15) is 4.79 Å². The maximum absolute atomic E-state index is 13.3. The van der Waals surface area contributed by atoms with Gasteiger partial charge in [-0.2, -0.15) is 5.10 Å². The molecule has 0 spiro atoms. The van der Waals surface area contributed by atoms with Crippen molar-refractivity contribution < 1.29 is 14.3 Å². The maximum atomic E-state index is 13.3. The number of amides is 1. The number of nitrogens with one attached hydrogen (secondary N) is 1. The molecule has 0 aliphatic rings. The molecule has 164 valence electrons. The Bertz CT molecular complexity index is 1290. The highest BCUT2D eigenvalue weighted by Crippen LogP contribution is 2.31. The average Bonchev–Trinajstić information content (AvgIpc) is 3.14. The summed E-state index contributed by atoms with van der Waals surface area (Å²) in [6.45, 7) is 5.89. The van der Waals surface area contributed by atoms with E-state index in [4.69, 9.17) is 19.6 Å². The van der Waals surface area contributed by atoms with Crippen molar-refractivity contribution in [1.82, 2.24) is 14.8 Å². The number of pyridine rings is 1. The maximum Gasteiger partial charge on any atom is 0.256 e. The predicted octanol–water partition coefficient (Wildman–Crippen LogP) is 4.87. The lowest BCUT2D eigenvalue weighted by Gasteiger charge is -2.11. The highest BCUT2D eigenvalue weighted by Gasteiger charge is 2.20. The molecule has 0 bridgehead atoms. The van der Waals surface area contributed by atoms with Crippen LogP contribution in [0, 0.1) is 13.8 Å². The topological polar surface area (TPSA) is 78.3 Å². The summed E-state index contributed by atoms with van der Waals surface area (Å²) in [4.78, 5) is 18.0. The molecule has 1 N–H and O–H groups in total. The summed E-state index contributed by atoms with van der Waals surface area (Å²) in [5.74, 6) is 0.899. The third-order valence-electron chi connectivity index (χ3n) is 5.42. The number of anilines is 1. The standard InChI is InChI=1S/C25H26N4O3/c1-6-17-7-10-19(11-8-17)29-24-23(16(3)28-29)20(13-15(2)26-24)25(30)27-18-9-12-21(31-4)22(14-18)32-5/h7-14H,6H2,1-5H3,(H,27,30). The second kappa shape index (κ2) is 8.70. The highest BCUT2D eigenvalue weighted by atomic mass is 16.5. The molecule has 7 heteroatoms. The second-order valence-corrected chi connectivity index (χ2v) is 7.55. The number of hydrogen-bond donors (Lipinski definition) is 1. The van der Waals surface area contributed by atoms with Crippen LogP contribution in [0.15, 0.2) is 48.5 Å². The Balaban J connectivity index is 1.76. The Morgan fingerprint density at radius 2 is 1.72 bits per heavy atom. The molecule has 0 fully saturated rings. The van der Waals surface area contributed by atoms with Gasteiger partial charge in [0.05, 0.1) is 36.6 Å². The van der Waals surface area contributed by atoms with Crippen LogP contribution in [-0.4, -0.2) is 34.9 Å². The van der Waals surface area contributed by atoms with Gasteiger partial charge in [-0.15, -0.1) is 0 Å². The minimum absolute atomic E-state index is 0.239. The number of nitrogens with zero attached hydrogens (tertiary/aromatic N) is 3. The van der Waals surface area contributed by atoms with Crippen molar-refractivity contribution in [2.45, 2.75) is 27.2 Å². The quantitative estimate of drug-likeness (QED) is 0.472. The van der Waals surface area contributed by atoms with Crippen molar-refractivity contribution in [2.24, 2.45) is 0 Å².